The third-order valence-electron chi connectivity index (χ3n) is 5.20. The highest BCUT2D eigenvalue weighted by Gasteiger charge is 2.23. The third-order valence-corrected chi connectivity index (χ3v) is 6.06. The van der Waals surface area contributed by atoms with Crippen LogP contribution in [0.3, 0.4) is 0 Å². The zero-order valence-corrected chi connectivity index (χ0v) is 16.6. The van der Waals surface area contributed by atoms with E-state index < -0.39 is 0 Å². The number of amides is 2. The first-order chi connectivity index (χ1) is 12.5. The lowest BCUT2D eigenvalue weighted by Gasteiger charge is -2.32. The topological polar surface area (TPSA) is 52.6 Å². The maximum Gasteiger partial charge on any atom is 0.317 e. The number of phenolic OH excluding ortho intramolecular Hbond substituents is 1. The highest BCUT2D eigenvalue weighted by atomic mass is 79.9. The molecule has 0 atom stereocenters. The summed E-state index contributed by atoms with van der Waals surface area (Å²) in [7, 11) is 0. The van der Waals surface area contributed by atoms with Crippen molar-refractivity contribution in [3.8, 4) is 5.75 Å². The highest BCUT2D eigenvalue weighted by Crippen LogP contribution is 2.29. The fourth-order valence-corrected chi connectivity index (χ4v) is 3.91. The predicted octanol–water partition coefficient (Wildman–Crippen LogP) is 4.59. The van der Waals surface area contributed by atoms with Gasteiger partial charge in [-0.1, -0.05) is 40.2 Å². The van der Waals surface area contributed by atoms with Crippen molar-refractivity contribution < 1.29 is 9.90 Å². The fraction of sp³-hybridized carbons (Fsp3) is 0.381. The van der Waals surface area contributed by atoms with Gasteiger partial charge in [-0.2, -0.15) is 0 Å². The smallest absolute Gasteiger partial charge is 0.317 e. The number of benzene rings is 2. The Morgan fingerprint density at radius 1 is 1.19 bits per heavy atom. The number of nitrogens with one attached hydrogen (secondary N) is 1. The van der Waals surface area contributed by atoms with Crippen LogP contribution in [-0.2, 0) is 6.42 Å². The standard InChI is InChI=1S/C21H25BrN2O2/c1-15-16(3-2-4-20(15)22)9-12-23-21(26)24-13-10-18(11-14-24)17-5-7-19(25)8-6-17/h2-8,18,25H,9-14H2,1H3,(H,23,26). The number of carbonyl (C=O) groups is 1. The third kappa shape index (κ3) is 4.58. The predicted molar refractivity (Wildman–Crippen MR) is 108 cm³/mol. The Morgan fingerprint density at radius 2 is 1.88 bits per heavy atom. The molecule has 2 N–H and O–H groups in total. The summed E-state index contributed by atoms with van der Waals surface area (Å²) >= 11 is 3.55. The number of halogens is 1. The normalized spacial score (nSPS) is 15.1. The van der Waals surface area contributed by atoms with Crippen LogP contribution in [0.5, 0.6) is 5.75 Å². The first-order valence-electron chi connectivity index (χ1n) is 9.10. The van der Waals surface area contributed by atoms with Crippen LogP contribution in [0.2, 0.25) is 0 Å². The van der Waals surface area contributed by atoms with E-state index in [1.54, 1.807) is 12.1 Å². The van der Waals surface area contributed by atoms with Gasteiger partial charge in [0, 0.05) is 24.1 Å². The summed E-state index contributed by atoms with van der Waals surface area (Å²) in [5, 5.41) is 12.5. The zero-order chi connectivity index (χ0) is 18.5. The van der Waals surface area contributed by atoms with E-state index in [1.165, 1.54) is 16.7 Å². The van der Waals surface area contributed by atoms with Gasteiger partial charge in [-0.05, 0) is 67.0 Å². The van der Waals surface area contributed by atoms with Crippen LogP contribution >= 0.6 is 15.9 Å². The largest absolute Gasteiger partial charge is 0.508 e. The van der Waals surface area contributed by atoms with E-state index in [0.29, 0.717) is 18.2 Å². The lowest BCUT2D eigenvalue weighted by Crippen LogP contribution is -2.44. The SMILES string of the molecule is Cc1c(Br)cccc1CCNC(=O)N1CCC(c2ccc(O)cc2)CC1. The van der Waals surface area contributed by atoms with E-state index in [4.69, 9.17) is 0 Å². The fourth-order valence-electron chi connectivity index (χ4n) is 3.50. The number of nitrogens with zero attached hydrogens (tertiary/aromatic N) is 1. The first kappa shape index (κ1) is 18.8. The second kappa shape index (κ2) is 8.58. The van der Waals surface area contributed by atoms with Crippen LogP contribution in [-0.4, -0.2) is 35.7 Å². The lowest BCUT2D eigenvalue weighted by molar-refractivity contribution is 0.181. The van der Waals surface area contributed by atoms with E-state index >= 15 is 0 Å². The van der Waals surface area contributed by atoms with Gasteiger partial charge >= 0.3 is 6.03 Å². The summed E-state index contributed by atoms with van der Waals surface area (Å²) in [5.74, 6) is 0.759. The van der Waals surface area contributed by atoms with Crippen LogP contribution < -0.4 is 5.32 Å². The van der Waals surface area contributed by atoms with Crippen molar-refractivity contribution in [1.29, 1.82) is 0 Å². The van der Waals surface area contributed by atoms with Crippen LogP contribution in [0.25, 0.3) is 0 Å². The zero-order valence-electron chi connectivity index (χ0n) is 15.0. The van der Waals surface area contributed by atoms with Gasteiger partial charge in [0.25, 0.3) is 0 Å². The quantitative estimate of drug-likeness (QED) is 0.765. The molecule has 5 heteroatoms. The average molecular weight is 417 g/mol. The van der Waals surface area contributed by atoms with Crippen molar-refractivity contribution in [3.63, 3.8) is 0 Å². The van der Waals surface area contributed by atoms with Crippen molar-refractivity contribution >= 4 is 22.0 Å². The molecule has 0 bridgehead atoms. The number of urea groups is 1. The molecule has 2 aromatic rings. The molecule has 1 aliphatic rings. The Bertz CT molecular complexity index is 753. The number of likely N-dealkylation sites (tertiary alicyclic amines) is 1. The summed E-state index contributed by atoms with van der Waals surface area (Å²) in [6.45, 7) is 4.28. The molecule has 1 fully saturated rings. The number of piperidine rings is 1. The average Bonchev–Trinajstić information content (AvgIpc) is 2.66. The van der Waals surface area contributed by atoms with Crippen molar-refractivity contribution in [3.05, 3.63) is 63.6 Å². The molecule has 2 aromatic carbocycles. The maximum atomic E-state index is 12.4. The summed E-state index contributed by atoms with van der Waals surface area (Å²) in [6.07, 6.45) is 2.76. The summed E-state index contributed by atoms with van der Waals surface area (Å²) in [4.78, 5) is 14.3. The van der Waals surface area contributed by atoms with Gasteiger partial charge in [0.1, 0.15) is 5.75 Å². The van der Waals surface area contributed by atoms with E-state index in [-0.39, 0.29) is 6.03 Å². The van der Waals surface area contributed by atoms with Gasteiger partial charge in [-0.3, -0.25) is 0 Å². The molecule has 2 amide bonds. The summed E-state index contributed by atoms with van der Waals surface area (Å²) in [6, 6.07) is 13.6. The number of hydrogen-bond acceptors (Lipinski definition) is 2. The number of hydrogen-bond donors (Lipinski definition) is 2. The van der Waals surface area contributed by atoms with Crippen LogP contribution in [0.15, 0.2) is 46.9 Å². The minimum atomic E-state index is 0.0294. The molecule has 1 saturated heterocycles. The molecule has 1 heterocycles. The molecule has 1 aliphatic heterocycles. The minimum absolute atomic E-state index is 0.0294. The van der Waals surface area contributed by atoms with Crippen molar-refractivity contribution in [2.75, 3.05) is 19.6 Å². The first-order valence-corrected chi connectivity index (χ1v) is 9.89. The van der Waals surface area contributed by atoms with Gasteiger partial charge in [-0.25, -0.2) is 4.79 Å². The van der Waals surface area contributed by atoms with E-state index in [9.17, 15) is 9.90 Å². The van der Waals surface area contributed by atoms with Gasteiger partial charge in [0.05, 0.1) is 0 Å². The Morgan fingerprint density at radius 3 is 2.58 bits per heavy atom. The van der Waals surface area contributed by atoms with E-state index in [0.717, 1.165) is 36.8 Å². The molecule has 0 spiro atoms. The van der Waals surface area contributed by atoms with Gasteiger partial charge in [0.2, 0.25) is 0 Å². The molecule has 4 nitrogen and oxygen atoms in total. The van der Waals surface area contributed by atoms with Crippen molar-refractivity contribution in [2.24, 2.45) is 0 Å². The minimum Gasteiger partial charge on any atom is -0.508 e. The molecule has 0 unspecified atom stereocenters. The summed E-state index contributed by atoms with van der Waals surface area (Å²) < 4.78 is 1.11. The Balaban J connectivity index is 1.45. The van der Waals surface area contributed by atoms with Crippen LogP contribution in [0, 0.1) is 6.92 Å². The van der Waals surface area contributed by atoms with E-state index in [2.05, 4.69) is 34.2 Å². The number of rotatable bonds is 4. The van der Waals surface area contributed by atoms with Gasteiger partial charge in [0.15, 0.2) is 0 Å². The molecular formula is C21H25BrN2O2. The maximum absolute atomic E-state index is 12.4. The molecule has 0 aromatic heterocycles. The van der Waals surface area contributed by atoms with E-state index in [1.807, 2.05) is 29.2 Å². The summed E-state index contributed by atoms with van der Waals surface area (Å²) in [5.41, 5.74) is 3.73. The molecule has 26 heavy (non-hydrogen) atoms. The highest BCUT2D eigenvalue weighted by molar-refractivity contribution is 9.10. The molecule has 3 rings (SSSR count). The molecule has 138 valence electrons. The lowest BCUT2D eigenvalue weighted by atomic mass is 9.89. The Hall–Kier alpha value is -2.01. The molecule has 0 aliphatic carbocycles. The number of carbonyl (C=O) groups excluding carboxylic acids is 1. The van der Waals surface area contributed by atoms with Crippen LogP contribution in [0.1, 0.15) is 35.4 Å². The van der Waals surface area contributed by atoms with Crippen molar-refractivity contribution in [1.82, 2.24) is 10.2 Å². The molecule has 0 radical (unpaired) electrons. The Kier molecular flexibility index (Phi) is 6.20. The number of phenols is 1. The Labute approximate surface area is 163 Å². The van der Waals surface area contributed by atoms with Crippen molar-refractivity contribution in [2.45, 2.75) is 32.1 Å². The monoisotopic (exact) mass is 416 g/mol. The van der Waals surface area contributed by atoms with Crippen LogP contribution in [0.4, 0.5) is 4.79 Å². The van der Waals surface area contributed by atoms with Gasteiger partial charge < -0.3 is 15.3 Å². The molecular weight excluding hydrogens is 392 g/mol. The molecule has 0 saturated carbocycles. The second-order valence-electron chi connectivity index (χ2n) is 6.86. The number of aromatic hydroxyl groups is 1. The van der Waals surface area contributed by atoms with Gasteiger partial charge in [-0.15, -0.1) is 0 Å². The second-order valence-corrected chi connectivity index (χ2v) is 7.71.